The van der Waals surface area contributed by atoms with Crippen molar-refractivity contribution in [2.75, 3.05) is 65.6 Å². The lowest BCUT2D eigenvalue weighted by Gasteiger charge is -2.36. The molecule has 0 atom stereocenters. The molecule has 8 nitrogen and oxygen atoms in total. The van der Waals surface area contributed by atoms with Crippen molar-refractivity contribution in [2.24, 2.45) is 0 Å². The summed E-state index contributed by atoms with van der Waals surface area (Å²) in [5.74, 6) is -0.187. The van der Waals surface area contributed by atoms with Crippen LogP contribution >= 0.6 is 0 Å². The number of ether oxygens (including phenoxy) is 1. The molecule has 0 unspecified atom stereocenters. The minimum Gasteiger partial charge on any atom is -0.379 e. The van der Waals surface area contributed by atoms with Crippen LogP contribution in [0.15, 0.2) is 42.5 Å². The summed E-state index contributed by atoms with van der Waals surface area (Å²) in [6.07, 6.45) is 0.235. The number of piperazine rings is 1. The van der Waals surface area contributed by atoms with Gasteiger partial charge in [-0.1, -0.05) is 42.5 Å². The van der Waals surface area contributed by atoms with Crippen molar-refractivity contribution in [3.05, 3.63) is 48.0 Å². The molecular formula is C24H30N4O4. The highest BCUT2D eigenvalue weighted by Crippen LogP contribution is 2.18. The average molecular weight is 439 g/mol. The molecule has 3 amide bonds. The van der Waals surface area contributed by atoms with Crippen LogP contribution in [0.25, 0.3) is 10.8 Å². The molecule has 2 aromatic rings. The fourth-order valence-electron chi connectivity index (χ4n) is 4.22. The highest BCUT2D eigenvalue weighted by molar-refractivity contribution is 5.91. The molecule has 0 bridgehead atoms. The second-order valence-corrected chi connectivity index (χ2v) is 8.24. The van der Waals surface area contributed by atoms with Gasteiger partial charge in [0, 0.05) is 39.3 Å². The van der Waals surface area contributed by atoms with E-state index in [0.717, 1.165) is 29.4 Å². The van der Waals surface area contributed by atoms with Gasteiger partial charge in [0.05, 0.1) is 32.7 Å². The maximum absolute atomic E-state index is 12.5. The van der Waals surface area contributed by atoms with Gasteiger partial charge in [-0.05, 0) is 16.3 Å². The van der Waals surface area contributed by atoms with Gasteiger partial charge in [0.2, 0.25) is 17.7 Å². The SMILES string of the molecule is O=C(Cc1cccc2ccccc12)NCC(=O)N1CCN(C(=O)CN2CCOCC2)CC1. The third kappa shape index (κ3) is 5.63. The topological polar surface area (TPSA) is 82.2 Å². The molecule has 0 radical (unpaired) electrons. The summed E-state index contributed by atoms with van der Waals surface area (Å²) < 4.78 is 5.32. The van der Waals surface area contributed by atoms with Gasteiger partial charge in [-0.3, -0.25) is 19.3 Å². The molecule has 32 heavy (non-hydrogen) atoms. The number of nitrogens with one attached hydrogen (secondary N) is 1. The Balaban J connectivity index is 1.20. The normalized spacial score (nSPS) is 17.4. The van der Waals surface area contributed by atoms with Gasteiger partial charge in [-0.2, -0.15) is 0 Å². The smallest absolute Gasteiger partial charge is 0.242 e. The molecule has 2 fully saturated rings. The number of nitrogens with zero attached hydrogens (tertiary/aromatic N) is 3. The summed E-state index contributed by atoms with van der Waals surface area (Å²) in [6, 6.07) is 13.9. The third-order valence-corrected chi connectivity index (χ3v) is 6.12. The summed E-state index contributed by atoms with van der Waals surface area (Å²) >= 11 is 0. The predicted molar refractivity (Wildman–Crippen MR) is 121 cm³/mol. The van der Waals surface area contributed by atoms with Crippen LogP contribution in [0.2, 0.25) is 0 Å². The van der Waals surface area contributed by atoms with E-state index in [4.69, 9.17) is 4.74 Å². The van der Waals surface area contributed by atoms with Crippen LogP contribution in [0.5, 0.6) is 0 Å². The third-order valence-electron chi connectivity index (χ3n) is 6.12. The standard InChI is InChI=1S/C24H30N4O4/c29-22(16-20-6-3-5-19-4-1-2-7-21(19)20)25-17-23(30)27-8-10-28(11-9-27)24(31)18-26-12-14-32-15-13-26/h1-7H,8-18H2,(H,25,29). The van der Waals surface area contributed by atoms with E-state index in [0.29, 0.717) is 45.9 Å². The lowest BCUT2D eigenvalue weighted by Crippen LogP contribution is -2.54. The number of morpholine rings is 1. The zero-order valence-corrected chi connectivity index (χ0v) is 18.3. The van der Waals surface area contributed by atoms with E-state index in [9.17, 15) is 14.4 Å². The fourth-order valence-corrected chi connectivity index (χ4v) is 4.22. The highest BCUT2D eigenvalue weighted by Gasteiger charge is 2.25. The molecule has 4 rings (SSSR count). The number of hydrogen-bond donors (Lipinski definition) is 1. The van der Waals surface area contributed by atoms with Crippen molar-refractivity contribution in [2.45, 2.75) is 6.42 Å². The number of fused-ring (bicyclic) bond motifs is 1. The Bertz CT molecular complexity index is 960. The van der Waals surface area contributed by atoms with Crippen molar-refractivity contribution >= 4 is 28.5 Å². The predicted octanol–water partition coefficient (Wildman–Crippen LogP) is 0.502. The number of rotatable bonds is 6. The molecule has 8 heteroatoms. The summed E-state index contributed by atoms with van der Waals surface area (Å²) in [7, 11) is 0. The lowest BCUT2D eigenvalue weighted by molar-refractivity contribution is -0.140. The zero-order chi connectivity index (χ0) is 22.3. The van der Waals surface area contributed by atoms with Crippen LogP contribution < -0.4 is 5.32 Å². The quantitative estimate of drug-likeness (QED) is 0.711. The van der Waals surface area contributed by atoms with Gasteiger partial charge in [0.15, 0.2) is 0 Å². The van der Waals surface area contributed by atoms with E-state index >= 15 is 0 Å². The van der Waals surface area contributed by atoms with Crippen LogP contribution in [0.1, 0.15) is 5.56 Å². The Morgan fingerprint density at radius 1 is 0.812 bits per heavy atom. The molecule has 0 aromatic heterocycles. The molecule has 0 saturated carbocycles. The summed E-state index contributed by atoms with van der Waals surface area (Å²) in [5.41, 5.74) is 0.945. The van der Waals surface area contributed by atoms with Crippen LogP contribution in [-0.4, -0.2) is 98.0 Å². The Kier molecular flexibility index (Phi) is 7.34. The maximum Gasteiger partial charge on any atom is 0.242 e. The van der Waals surface area contributed by atoms with Crippen molar-refractivity contribution < 1.29 is 19.1 Å². The van der Waals surface area contributed by atoms with Crippen molar-refractivity contribution in [1.82, 2.24) is 20.0 Å². The van der Waals surface area contributed by atoms with Gasteiger partial charge in [0.1, 0.15) is 0 Å². The second kappa shape index (κ2) is 10.6. The van der Waals surface area contributed by atoms with Crippen molar-refractivity contribution in [1.29, 1.82) is 0 Å². The molecule has 2 aliphatic heterocycles. The number of carbonyl (C=O) groups excluding carboxylic acids is 3. The summed E-state index contributed by atoms with van der Waals surface area (Å²) in [4.78, 5) is 43.1. The first kappa shape index (κ1) is 22.2. The Labute approximate surface area is 188 Å². The molecule has 0 spiro atoms. The number of amides is 3. The van der Waals surface area contributed by atoms with Gasteiger partial charge in [-0.15, -0.1) is 0 Å². The summed E-state index contributed by atoms with van der Waals surface area (Å²) in [6.45, 7) is 5.32. The van der Waals surface area contributed by atoms with Gasteiger partial charge < -0.3 is 19.9 Å². The number of carbonyl (C=O) groups is 3. The van der Waals surface area contributed by atoms with Crippen molar-refractivity contribution in [3.63, 3.8) is 0 Å². The Morgan fingerprint density at radius 2 is 1.47 bits per heavy atom. The molecule has 2 aromatic carbocycles. The molecule has 2 heterocycles. The first-order valence-corrected chi connectivity index (χ1v) is 11.2. The van der Waals surface area contributed by atoms with Gasteiger partial charge in [-0.25, -0.2) is 0 Å². The zero-order valence-electron chi connectivity index (χ0n) is 18.3. The molecule has 170 valence electrons. The largest absolute Gasteiger partial charge is 0.379 e. The molecule has 1 N–H and O–H groups in total. The van der Waals surface area contributed by atoms with Crippen LogP contribution in [0.4, 0.5) is 0 Å². The number of hydrogen-bond acceptors (Lipinski definition) is 5. The lowest BCUT2D eigenvalue weighted by atomic mass is 10.0. The minimum atomic E-state index is -0.172. The number of benzene rings is 2. The average Bonchev–Trinajstić information content (AvgIpc) is 2.83. The first-order chi connectivity index (χ1) is 15.6. The van der Waals surface area contributed by atoms with Gasteiger partial charge >= 0.3 is 0 Å². The maximum atomic E-state index is 12.5. The Hall–Kier alpha value is -2.97. The molecule has 2 saturated heterocycles. The van der Waals surface area contributed by atoms with E-state index in [-0.39, 0.29) is 30.7 Å². The van der Waals surface area contributed by atoms with E-state index in [2.05, 4.69) is 10.2 Å². The van der Waals surface area contributed by atoms with E-state index < -0.39 is 0 Å². The summed E-state index contributed by atoms with van der Waals surface area (Å²) in [5, 5.41) is 4.89. The molecule has 2 aliphatic rings. The fraction of sp³-hybridized carbons (Fsp3) is 0.458. The van der Waals surface area contributed by atoms with E-state index in [1.807, 2.05) is 47.4 Å². The van der Waals surface area contributed by atoms with Crippen LogP contribution in [0, 0.1) is 0 Å². The second-order valence-electron chi connectivity index (χ2n) is 8.24. The van der Waals surface area contributed by atoms with E-state index in [1.54, 1.807) is 4.90 Å². The van der Waals surface area contributed by atoms with Crippen LogP contribution in [0.3, 0.4) is 0 Å². The minimum absolute atomic E-state index is 0.0225. The van der Waals surface area contributed by atoms with Crippen LogP contribution in [-0.2, 0) is 25.5 Å². The first-order valence-electron chi connectivity index (χ1n) is 11.2. The monoisotopic (exact) mass is 438 g/mol. The van der Waals surface area contributed by atoms with Crippen molar-refractivity contribution in [3.8, 4) is 0 Å². The van der Waals surface area contributed by atoms with E-state index in [1.165, 1.54) is 0 Å². The highest BCUT2D eigenvalue weighted by atomic mass is 16.5. The molecule has 0 aliphatic carbocycles. The Morgan fingerprint density at radius 3 is 2.22 bits per heavy atom. The van der Waals surface area contributed by atoms with Gasteiger partial charge in [0.25, 0.3) is 0 Å². The molecular weight excluding hydrogens is 408 g/mol.